The number of ether oxygens (including phenoxy) is 1. The Morgan fingerprint density at radius 1 is 0.971 bits per heavy atom. The highest BCUT2D eigenvalue weighted by atomic mass is 16.5. The van der Waals surface area contributed by atoms with Crippen LogP contribution in [0.3, 0.4) is 0 Å². The molecule has 0 spiro atoms. The number of hydrogen-bond donors (Lipinski definition) is 1. The zero-order chi connectivity index (χ0) is 23.7. The summed E-state index contributed by atoms with van der Waals surface area (Å²) in [6.07, 6.45) is 3.25. The van der Waals surface area contributed by atoms with Crippen LogP contribution in [0.1, 0.15) is 41.8 Å². The van der Waals surface area contributed by atoms with Gasteiger partial charge in [0.2, 0.25) is 5.89 Å². The van der Waals surface area contributed by atoms with Gasteiger partial charge in [0.25, 0.3) is 0 Å². The summed E-state index contributed by atoms with van der Waals surface area (Å²) < 4.78 is 11.8. The quantitative estimate of drug-likeness (QED) is 0.346. The highest BCUT2D eigenvalue weighted by Gasteiger charge is 2.47. The number of nitrogens with zero attached hydrogens (tertiary/aromatic N) is 1. The second-order valence-electron chi connectivity index (χ2n) is 9.50. The second kappa shape index (κ2) is 9.11. The van der Waals surface area contributed by atoms with E-state index in [1.54, 1.807) is 7.11 Å². The van der Waals surface area contributed by atoms with Gasteiger partial charge in [-0.1, -0.05) is 71.8 Å². The molecular weight excluding hydrogens is 422 g/mol. The number of aromatic nitrogens is 1. The van der Waals surface area contributed by atoms with Crippen molar-refractivity contribution in [2.75, 3.05) is 7.11 Å². The molecule has 1 saturated carbocycles. The molecule has 4 nitrogen and oxygen atoms in total. The van der Waals surface area contributed by atoms with Gasteiger partial charge in [0.05, 0.1) is 7.11 Å². The van der Waals surface area contributed by atoms with E-state index in [1.807, 2.05) is 18.2 Å². The van der Waals surface area contributed by atoms with Gasteiger partial charge in [-0.3, -0.25) is 0 Å². The van der Waals surface area contributed by atoms with Gasteiger partial charge in [-0.25, -0.2) is 4.98 Å². The Bertz CT molecular complexity index is 1210. The van der Waals surface area contributed by atoms with Crippen molar-refractivity contribution in [2.24, 2.45) is 5.92 Å². The molecule has 4 aromatic rings. The van der Waals surface area contributed by atoms with Crippen LogP contribution in [0.25, 0.3) is 22.6 Å². The molecule has 5 rings (SSSR count). The van der Waals surface area contributed by atoms with Crippen LogP contribution in [0, 0.1) is 19.8 Å². The summed E-state index contributed by atoms with van der Waals surface area (Å²) in [4.78, 5) is 4.95. The van der Waals surface area contributed by atoms with Gasteiger partial charge >= 0.3 is 0 Å². The average molecular weight is 454 g/mol. The second-order valence-corrected chi connectivity index (χ2v) is 9.50. The van der Waals surface area contributed by atoms with Crippen LogP contribution in [0.4, 0.5) is 0 Å². The summed E-state index contributed by atoms with van der Waals surface area (Å²) in [5.74, 6) is 1.98. The lowest BCUT2D eigenvalue weighted by atomic mass is 9.85. The van der Waals surface area contributed by atoms with Crippen molar-refractivity contribution in [1.29, 1.82) is 0 Å². The minimum atomic E-state index is -1.11. The fourth-order valence-electron chi connectivity index (χ4n) is 5.01. The predicted molar refractivity (Wildman–Crippen MR) is 135 cm³/mol. The number of methoxy groups -OCH3 is 1. The van der Waals surface area contributed by atoms with E-state index in [4.69, 9.17) is 14.1 Å². The molecule has 1 heterocycles. The Labute approximate surface area is 201 Å². The minimum Gasteiger partial charge on any atom is -0.497 e. The van der Waals surface area contributed by atoms with Crippen molar-refractivity contribution < 1.29 is 14.3 Å². The van der Waals surface area contributed by atoms with E-state index in [-0.39, 0.29) is 5.92 Å². The predicted octanol–water partition coefficient (Wildman–Crippen LogP) is 6.86. The SMILES string of the molecule is COc1cccc(C[C@H]2CCC[C@@]2(O)c2nc(-c3ccc(C)cc3)c(-c3ccc(C)cc3)o2)c1. The van der Waals surface area contributed by atoms with Crippen molar-refractivity contribution in [3.63, 3.8) is 0 Å². The van der Waals surface area contributed by atoms with Crippen LogP contribution < -0.4 is 4.74 Å². The Kier molecular flexibility index (Phi) is 6.01. The van der Waals surface area contributed by atoms with E-state index in [1.165, 1.54) is 11.1 Å². The minimum absolute atomic E-state index is 0.0231. The number of rotatable bonds is 6. The summed E-state index contributed by atoms with van der Waals surface area (Å²) in [7, 11) is 1.68. The first kappa shape index (κ1) is 22.4. The van der Waals surface area contributed by atoms with Crippen LogP contribution >= 0.6 is 0 Å². The normalized spacial score (nSPS) is 19.9. The number of oxazole rings is 1. The molecule has 34 heavy (non-hydrogen) atoms. The van der Waals surface area contributed by atoms with E-state index >= 15 is 0 Å². The fraction of sp³-hybridized carbons (Fsp3) is 0.300. The van der Waals surface area contributed by atoms with Crippen molar-refractivity contribution in [2.45, 2.75) is 45.1 Å². The molecule has 0 amide bonds. The highest BCUT2D eigenvalue weighted by Crippen LogP contribution is 2.47. The van der Waals surface area contributed by atoms with E-state index in [0.29, 0.717) is 18.1 Å². The molecule has 0 bridgehead atoms. The van der Waals surface area contributed by atoms with Crippen LogP contribution in [-0.2, 0) is 12.0 Å². The molecule has 1 N–H and O–H groups in total. The van der Waals surface area contributed by atoms with Crippen molar-refractivity contribution in [1.82, 2.24) is 4.98 Å². The third-order valence-electron chi connectivity index (χ3n) is 7.04. The smallest absolute Gasteiger partial charge is 0.227 e. The van der Waals surface area contributed by atoms with Crippen LogP contribution in [0.5, 0.6) is 5.75 Å². The first-order valence-corrected chi connectivity index (χ1v) is 12.0. The topological polar surface area (TPSA) is 55.5 Å². The van der Waals surface area contributed by atoms with Crippen molar-refractivity contribution >= 4 is 0 Å². The lowest BCUT2D eigenvalue weighted by Crippen LogP contribution is -2.32. The molecule has 0 unspecified atom stereocenters. The fourth-order valence-corrected chi connectivity index (χ4v) is 5.01. The van der Waals surface area contributed by atoms with E-state index in [0.717, 1.165) is 47.4 Å². The van der Waals surface area contributed by atoms with Crippen molar-refractivity contribution in [3.8, 4) is 28.3 Å². The Balaban J connectivity index is 1.56. The number of hydrogen-bond acceptors (Lipinski definition) is 4. The average Bonchev–Trinajstić information content (AvgIpc) is 3.46. The lowest BCUT2D eigenvalue weighted by Gasteiger charge is -2.27. The van der Waals surface area contributed by atoms with Gasteiger partial charge in [-0.15, -0.1) is 0 Å². The monoisotopic (exact) mass is 453 g/mol. The van der Waals surface area contributed by atoms with Gasteiger partial charge in [-0.2, -0.15) is 0 Å². The van der Waals surface area contributed by atoms with E-state index in [9.17, 15) is 5.11 Å². The molecule has 0 radical (unpaired) electrons. The zero-order valence-corrected chi connectivity index (χ0v) is 20.0. The van der Waals surface area contributed by atoms with Gasteiger partial charge in [0.1, 0.15) is 17.0 Å². The molecule has 4 heteroatoms. The number of benzene rings is 3. The molecule has 1 aromatic heterocycles. The third kappa shape index (κ3) is 4.26. The van der Waals surface area contributed by atoms with Crippen molar-refractivity contribution in [3.05, 3.63) is 95.4 Å². The molecule has 2 atom stereocenters. The Hall–Kier alpha value is -3.37. The standard InChI is InChI=1S/C30H31NO3/c1-20-9-13-23(14-10-20)27-28(24-15-11-21(2)12-16-24)34-29(31-27)30(32)17-5-7-25(30)18-22-6-4-8-26(19-22)33-3/h4,6,8-16,19,25,32H,5,7,17-18H2,1-3H3/t25-,30+/m1/s1. The van der Waals surface area contributed by atoms with Gasteiger partial charge in [0.15, 0.2) is 5.76 Å². The van der Waals surface area contributed by atoms with Gasteiger partial charge in [-0.05, 0) is 57.2 Å². The first-order valence-electron chi connectivity index (χ1n) is 12.0. The summed E-state index contributed by atoms with van der Waals surface area (Å²) >= 11 is 0. The number of aliphatic hydroxyl groups is 1. The molecule has 1 aliphatic carbocycles. The van der Waals surface area contributed by atoms with E-state index in [2.05, 4.69) is 68.4 Å². The summed E-state index contributed by atoms with van der Waals surface area (Å²) in [5, 5.41) is 11.9. The molecule has 1 aliphatic rings. The maximum absolute atomic E-state index is 11.9. The lowest BCUT2D eigenvalue weighted by molar-refractivity contribution is -0.0264. The maximum Gasteiger partial charge on any atom is 0.227 e. The Morgan fingerprint density at radius 2 is 1.65 bits per heavy atom. The van der Waals surface area contributed by atoms with Crippen LogP contribution in [-0.4, -0.2) is 17.2 Å². The summed E-state index contributed by atoms with van der Waals surface area (Å²) in [6.45, 7) is 4.14. The Morgan fingerprint density at radius 3 is 2.32 bits per heavy atom. The first-order chi connectivity index (χ1) is 16.5. The molecule has 1 fully saturated rings. The highest BCUT2D eigenvalue weighted by molar-refractivity contribution is 5.77. The van der Waals surface area contributed by atoms with Gasteiger partial charge < -0.3 is 14.3 Å². The van der Waals surface area contributed by atoms with Gasteiger partial charge in [0, 0.05) is 17.0 Å². The van der Waals surface area contributed by atoms with Crippen LogP contribution in [0.15, 0.2) is 77.2 Å². The molecule has 0 saturated heterocycles. The molecular formula is C30H31NO3. The molecule has 174 valence electrons. The zero-order valence-electron chi connectivity index (χ0n) is 20.0. The third-order valence-corrected chi connectivity index (χ3v) is 7.04. The summed E-state index contributed by atoms with van der Waals surface area (Å²) in [5.41, 5.74) is 5.15. The molecule has 0 aliphatic heterocycles. The van der Waals surface area contributed by atoms with E-state index < -0.39 is 5.60 Å². The summed E-state index contributed by atoms with van der Waals surface area (Å²) in [6, 6.07) is 24.7. The van der Waals surface area contributed by atoms with Crippen LogP contribution in [0.2, 0.25) is 0 Å². The maximum atomic E-state index is 11.9. The number of aryl methyl sites for hydroxylation is 2. The largest absolute Gasteiger partial charge is 0.497 e. The molecule has 3 aromatic carbocycles.